The fraction of sp³-hybridized carbons (Fsp3) is 0.667. The van der Waals surface area contributed by atoms with Crippen molar-refractivity contribution in [2.75, 3.05) is 39.9 Å². The molecule has 27 heavy (non-hydrogen) atoms. The lowest BCUT2D eigenvalue weighted by Gasteiger charge is -2.35. The van der Waals surface area contributed by atoms with Crippen LogP contribution in [0.5, 0.6) is 0 Å². The van der Waals surface area contributed by atoms with Crippen molar-refractivity contribution in [2.45, 2.75) is 51.6 Å². The van der Waals surface area contributed by atoms with Crippen molar-refractivity contribution in [3.8, 4) is 0 Å². The summed E-state index contributed by atoms with van der Waals surface area (Å²) in [7, 11) is 1.84. The zero-order valence-electron chi connectivity index (χ0n) is 17.1. The van der Waals surface area contributed by atoms with Crippen LogP contribution in [0.25, 0.3) is 0 Å². The Kier molecular flexibility index (Phi) is 12.7. The van der Waals surface area contributed by atoms with Crippen LogP contribution >= 0.6 is 24.0 Å². The van der Waals surface area contributed by atoms with Gasteiger partial charge in [0.05, 0.1) is 6.61 Å². The molecule has 0 bridgehead atoms. The van der Waals surface area contributed by atoms with Gasteiger partial charge in [-0.1, -0.05) is 30.3 Å². The third kappa shape index (κ3) is 9.76. The average Bonchev–Trinajstić information content (AvgIpc) is 2.67. The van der Waals surface area contributed by atoms with E-state index in [-0.39, 0.29) is 24.0 Å². The molecule has 1 aromatic carbocycles. The highest BCUT2D eigenvalue weighted by molar-refractivity contribution is 14.0. The normalized spacial score (nSPS) is 16.2. The zero-order valence-corrected chi connectivity index (χ0v) is 19.4. The molecular weight excluding hydrogens is 451 g/mol. The Morgan fingerprint density at radius 3 is 2.52 bits per heavy atom. The molecule has 154 valence electrons. The summed E-state index contributed by atoms with van der Waals surface area (Å²) in [5.74, 6) is 0.914. The molecule has 1 fully saturated rings. The van der Waals surface area contributed by atoms with Gasteiger partial charge >= 0.3 is 0 Å². The molecule has 1 aromatic rings. The average molecular weight is 488 g/mol. The van der Waals surface area contributed by atoms with Crippen LogP contribution in [0, 0.1) is 0 Å². The summed E-state index contributed by atoms with van der Waals surface area (Å²) >= 11 is 0. The highest BCUT2D eigenvalue weighted by atomic mass is 127. The summed E-state index contributed by atoms with van der Waals surface area (Å²) in [5.41, 5.74) is 1.33. The number of guanidine groups is 1. The van der Waals surface area contributed by atoms with E-state index in [9.17, 15) is 0 Å². The Bertz CT molecular complexity index is 516. The number of likely N-dealkylation sites (tertiary alicyclic amines) is 1. The van der Waals surface area contributed by atoms with Gasteiger partial charge in [0.2, 0.25) is 0 Å². The van der Waals surface area contributed by atoms with Gasteiger partial charge in [-0.2, -0.15) is 0 Å². The molecule has 1 aliphatic heterocycles. The topological polar surface area (TPSA) is 48.9 Å². The molecule has 6 heteroatoms. The van der Waals surface area contributed by atoms with Gasteiger partial charge in [0.1, 0.15) is 0 Å². The first-order chi connectivity index (χ1) is 12.7. The lowest BCUT2D eigenvalue weighted by atomic mass is 10.0. The fourth-order valence-corrected chi connectivity index (χ4v) is 3.27. The van der Waals surface area contributed by atoms with Crippen LogP contribution in [-0.2, 0) is 11.2 Å². The Morgan fingerprint density at radius 2 is 1.89 bits per heavy atom. The van der Waals surface area contributed by atoms with Crippen molar-refractivity contribution in [1.82, 2.24) is 15.5 Å². The molecule has 1 saturated heterocycles. The molecular formula is C21H37IN4O. The van der Waals surface area contributed by atoms with Gasteiger partial charge < -0.3 is 20.3 Å². The van der Waals surface area contributed by atoms with Gasteiger partial charge in [-0.15, -0.1) is 24.0 Å². The van der Waals surface area contributed by atoms with Crippen LogP contribution in [0.1, 0.15) is 38.7 Å². The van der Waals surface area contributed by atoms with Crippen molar-refractivity contribution in [3.63, 3.8) is 0 Å². The summed E-state index contributed by atoms with van der Waals surface area (Å²) in [5, 5.41) is 6.96. The number of nitrogens with one attached hydrogen (secondary N) is 2. The number of hydrogen-bond donors (Lipinski definition) is 2. The lowest BCUT2D eigenvalue weighted by molar-refractivity contribution is 0.135. The molecule has 0 aromatic heterocycles. The molecule has 0 aliphatic carbocycles. The van der Waals surface area contributed by atoms with Gasteiger partial charge in [-0.05, 0) is 45.1 Å². The maximum atomic E-state index is 5.73. The SMILES string of the molecule is CN=C(NCCCOCCc1ccccc1)NC1CCN(C(C)C)CC1.I. The second kappa shape index (κ2) is 14.2. The quantitative estimate of drug-likeness (QED) is 0.243. The van der Waals surface area contributed by atoms with E-state index in [4.69, 9.17) is 4.74 Å². The Labute approximate surface area is 182 Å². The molecule has 0 amide bonds. The second-order valence-electron chi connectivity index (χ2n) is 7.25. The van der Waals surface area contributed by atoms with E-state index in [0.29, 0.717) is 12.1 Å². The van der Waals surface area contributed by atoms with Crippen molar-refractivity contribution >= 4 is 29.9 Å². The minimum absolute atomic E-state index is 0. The summed E-state index contributed by atoms with van der Waals surface area (Å²) in [4.78, 5) is 6.89. The number of hydrogen-bond acceptors (Lipinski definition) is 3. The van der Waals surface area contributed by atoms with E-state index in [2.05, 4.69) is 58.6 Å². The molecule has 1 heterocycles. The monoisotopic (exact) mass is 488 g/mol. The summed E-state index contributed by atoms with van der Waals surface area (Å²) in [6, 6.07) is 11.7. The van der Waals surface area contributed by atoms with Crippen LogP contribution in [0.3, 0.4) is 0 Å². The van der Waals surface area contributed by atoms with Crippen LogP contribution in [-0.4, -0.2) is 62.8 Å². The predicted molar refractivity (Wildman–Crippen MR) is 125 cm³/mol. The van der Waals surface area contributed by atoms with Gasteiger partial charge in [-0.25, -0.2) is 0 Å². The first-order valence-corrected chi connectivity index (χ1v) is 10.0. The Balaban J connectivity index is 0.00000364. The van der Waals surface area contributed by atoms with Crippen LogP contribution in [0.2, 0.25) is 0 Å². The third-order valence-corrected chi connectivity index (χ3v) is 4.96. The number of aliphatic imine (C=N–C) groups is 1. The number of ether oxygens (including phenoxy) is 1. The third-order valence-electron chi connectivity index (χ3n) is 4.96. The van der Waals surface area contributed by atoms with E-state index in [1.807, 2.05) is 13.1 Å². The number of halogens is 1. The number of benzene rings is 1. The van der Waals surface area contributed by atoms with Crippen LogP contribution < -0.4 is 10.6 Å². The molecule has 5 nitrogen and oxygen atoms in total. The molecule has 0 atom stereocenters. The van der Waals surface area contributed by atoms with Crippen molar-refractivity contribution in [3.05, 3.63) is 35.9 Å². The minimum atomic E-state index is 0. The largest absolute Gasteiger partial charge is 0.381 e. The van der Waals surface area contributed by atoms with E-state index in [1.54, 1.807) is 0 Å². The van der Waals surface area contributed by atoms with Gasteiger partial charge in [-0.3, -0.25) is 4.99 Å². The Morgan fingerprint density at radius 1 is 1.19 bits per heavy atom. The highest BCUT2D eigenvalue weighted by Crippen LogP contribution is 2.12. The van der Waals surface area contributed by atoms with Crippen molar-refractivity contribution in [1.29, 1.82) is 0 Å². The lowest BCUT2D eigenvalue weighted by Crippen LogP contribution is -2.50. The summed E-state index contributed by atoms with van der Waals surface area (Å²) in [6.07, 6.45) is 4.33. The first-order valence-electron chi connectivity index (χ1n) is 10.0. The van der Waals surface area contributed by atoms with E-state index >= 15 is 0 Å². The smallest absolute Gasteiger partial charge is 0.191 e. The van der Waals surface area contributed by atoms with Crippen LogP contribution in [0.15, 0.2) is 35.3 Å². The Hall–Kier alpha value is -0.860. The number of piperidine rings is 1. The van der Waals surface area contributed by atoms with Crippen molar-refractivity contribution < 1.29 is 4.74 Å². The fourth-order valence-electron chi connectivity index (χ4n) is 3.27. The van der Waals surface area contributed by atoms with E-state index in [1.165, 1.54) is 31.5 Å². The molecule has 2 N–H and O–H groups in total. The maximum absolute atomic E-state index is 5.73. The molecule has 1 aliphatic rings. The van der Waals surface area contributed by atoms with Crippen LogP contribution in [0.4, 0.5) is 0 Å². The molecule has 0 unspecified atom stereocenters. The van der Waals surface area contributed by atoms with E-state index in [0.717, 1.165) is 38.6 Å². The van der Waals surface area contributed by atoms with Gasteiger partial charge in [0.25, 0.3) is 0 Å². The van der Waals surface area contributed by atoms with Gasteiger partial charge in [0, 0.05) is 45.4 Å². The molecule has 0 saturated carbocycles. The molecule has 0 spiro atoms. The standard InChI is InChI=1S/C21H36N4O.HI/c1-18(2)25-14-10-20(11-15-25)24-21(22-3)23-13-7-16-26-17-12-19-8-5-4-6-9-19;/h4-6,8-9,18,20H,7,10-17H2,1-3H3,(H2,22,23,24);1H. The highest BCUT2D eigenvalue weighted by Gasteiger charge is 2.21. The maximum Gasteiger partial charge on any atom is 0.191 e. The summed E-state index contributed by atoms with van der Waals surface area (Å²) in [6.45, 7) is 9.33. The second-order valence-corrected chi connectivity index (χ2v) is 7.25. The molecule has 0 radical (unpaired) electrons. The summed E-state index contributed by atoms with van der Waals surface area (Å²) < 4.78 is 5.73. The minimum Gasteiger partial charge on any atom is -0.381 e. The first kappa shape index (κ1) is 24.2. The van der Waals surface area contributed by atoms with E-state index < -0.39 is 0 Å². The molecule has 2 rings (SSSR count). The number of nitrogens with zero attached hydrogens (tertiary/aromatic N) is 2. The van der Waals surface area contributed by atoms with Gasteiger partial charge in [0.15, 0.2) is 5.96 Å². The van der Waals surface area contributed by atoms with Crippen molar-refractivity contribution in [2.24, 2.45) is 4.99 Å². The number of rotatable bonds is 9. The zero-order chi connectivity index (χ0) is 18.6. The predicted octanol–water partition coefficient (Wildman–Crippen LogP) is 3.29.